The number of hydrogen-bond donors (Lipinski definition) is 1. The van der Waals surface area contributed by atoms with E-state index < -0.39 is 26.3 Å². The van der Waals surface area contributed by atoms with Crippen molar-refractivity contribution in [2.24, 2.45) is 0 Å². The van der Waals surface area contributed by atoms with Crippen LogP contribution in [0.2, 0.25) is 0 Å². The van der Waals surface area contributed by atoms with Crippen LogP contribution in [-0.4, -0.2) is 45.5 Å². The molecule has 0 amide bonds. The molecular formula is C18H19FN5O6P. The lowest BCUT2D eigenvalue weighted by Gasteiger charge is -2.25. The Labute approximate surface area is 175 Å². The minimum atomic E-state index is -3.87. The molecule has 4 atom stereocenters. The van der Waals surface area contributed by atoms with Crippen molar-refractivity contribution in [1.29, 1.82) is 0 Å². The molecule has 5 rings (SSSR count). The van der Waals surface area contributed by atoms with Crippen molar-refractivity contribution in [2.75, 3.05) is 19.5 Å². The largest absolute Gasteiger partial charge is 0.530 e. The van der Waals surface area contributed by atoms with Crippen LogP contribution >= 0.6 is 7.82 Å². The number of halogens is 1. The van der Waals surface area contributed by atoms with E-state index in [0.717, 1.165) is 0 Å². The van der Waals surface area contributed by atoms with Gasteiger partial charge in [0, 0.05) is 12.0 Å². The van der Waals surface area contributed by atoms with Crippen LogP contribution in [0.25, 0.3) is 11.2 Å². The van der Waals surface area contributed by atoms with Crippen LogP contribution in [0.3, 0.4) is 0 Å². The number of rotatable bonds is 5. The first-order chi connectivity index (χ1) is 15.0. The lowest BCUT2D eigenvalue weighted by molar-refractivity contribution is -0.0362. The predicted octanol–water partition coefficient (Wildman–Crippen LogP) is 2.78. The molecule has 3 aromatic rings. The fourth-order valence-electron chi connectivity index (χ4n) is 3.53. The highest BCUT2D eigenvalue weighted by Crippen LogP contribution is 2.55. The van der Waals surface area contributed by atoms with Gasteiger partial charge in [-0.1, -0.05) is 0 Å². The van der Waals surface area contributed by atoms with Crippen molar-refractivity contribution in [1.82, 2.24) is 19.5 Å². The molecule has 1 aromatic carbocycles. The van der Waals surface area contributed by atoms with Gasteiger partial charge in [0.1, 0.15) is 29.5 Å². The molecule has 13 heteroatoms. The molecule has 1 fully saturated rings. The number of nitrogen functional groups attached to an aromatic ring is 1. The first kappa shape index (κ1) is 20.1. The quantitative estimate of drug-likeness (QED) is 0.577. The number of phosphoric ester groups is 1. The molecule has 11 nitrogen and oxygen atoms in total. The fraction of sp³-hybridized carbons (Fsp3) is 0.389. The zero-order chi connectivity index (χ0) is 21.6. The lowest BCUT2D eigenvalue weighted by atomic mass is 10.2. The van der Waals surface area contributed by atoms with Gasteiger partial charge in [-0.05, 0) is 18.2 Å². The molecule has 0 saturated carbocycles. The van der Waals surface area contributed by atoms with Gasteiger partial charge in [0.25, 0.3) is 0 Å². The minimum absolute atomic E-state index is 0.0265. The summed E-state index contributed by atoms with van der Waals surface area (Å²) in [6.45, 7) is -0.144. The number of fused-ring (bicyclic) bond motifs is 2. The molecule has 31 heavy (non-hydrogen) atoms. The number of nitrogens with zero attached hydrogens (tertiary/aromatic N) is 4. The van der Waals surface area contributed by atoms with Crippen LogP contribution in [0.1, 0.15) is 18.2 Å². The summed E-state index contributed by atoms with van der Waals surface area (Å²) < 4.78 is 56.1. The summed E-state index contributed by atoms with van der Waals surface area (Å²) in [6.07, 6.45) is -0.308. The second-order valence-electron chi connectivity index (χ2n) is 7.06. The number of aromatic nitrogens is 4. The van der Waals surface area contributed by atoms with Gasteiger partial charge < -0.3 is 19.7 Å². The van der Waals surface area contributed by atoms with Crippen molar-refractivity contribution >= 4 is 24.8 Å². The van der Waals surface area contributed by atoms with Crippen molar-refractivity contribution < 1.29 is 32.0 Å². The first-order valence-electron chi connectivity index (χ1n) is 9.44. The Morgan fingerprint density at radius 3 is 3.06 bits per heavy atom. The average molecular weight is 451 g/mol. The van der Waals surface area contributed by atoms with Gasteiger partial charge >= 0.3 is 7.82 Å². The van der Waals surface area contributed by atoms with Gasteiger partial charge in [0.15, 0.2) is 17.7 Å². The Morgan fingerprint density at radius 2 is 2.23 bits per heavy atom. The SMILES string of the molecule is COc1ccc2c(c1)COP(=O)(OCC1C[C@@H](F)C(n3cnc4c(N)ncnc43)O1)O2. The van der Waals surface area contributed by atoms with E-state index in [2.05, 4.69) is 15.0 Å². The molecule has 0 bridgehead atoms. The highest BCUT2D eigenvalue weighted by molar-refractivity contribution is 7.49. The van der Waals surface area contributed by atoms with Gasteiger partial charge in [0.2, 0.25) is 0 Å². The fourth-order valence-corrected chi connectivity index (χ4v) is 4.77. The number of anilines is 1. The Hall–Kier alpha value is -2.79. The maximum Gasteiger partial charge on any atom is 0.530 e. The van der Waals surface area contributed by atoms with E-state index in [4.69, 9.17) is 28.8 Å². The zero-order valence-electron chi connectivity index (χ0n) is 16.4. The molecule has 0 radical (unpaired) electrons. The summed E-state index contributed by atoms with van der Waals surface area (Å²) >= 11 is 0. The van der Waals surface area contributed by atoms with Gasteiger partial charge in [-0.25, -0.2) is 23.9 Å². The maximum absolute atomic E-state index is 14.7. The normalized spacial score (nSPS) is 27.7. The number of methoxy groups -OCH3 is 1. The highest BCUT2D eigenvalue weighted by Gasteiger charge is 2.41. The molecule has 164 valence electrons. The van der Waals surface area contributed by atoms with Crippen molar-refractivity contribution in [3.8, 4) is 11.5 Å². The zero-order valence-corrected chi connectivity index (χ0v) is 17.3. The lowest BCUT2D eigenvalue weighted by Crippen LogP contribution is -2.19. The monoisotopic (exact) mass is 451 g/mol. The summed E-state index contributed by atoms with van der Waals surface area (Å²) in [5.74, 6) is 1.20. The van der Waals surface area contributed by atoms with Gasteiger partial charge in [-0.15, -0.1) is 0 Å². The Morgan fingerprint density at radius 1 is 1.35 bits per heavy atom. The molecule has 2 N–H and O–H groups in total. The summed E-state index contributed by atoms with van der Waals surface area (Å²) in [5.41, 5.74) is 7.19. The third kappa shape index (κ3) is 3.72. The standard InChI is InChI=1S/C18H19FN5O6P/c1-26-11-2-3-14-10(4-11)6-27-31(25,30-14)28-7-12-5-13(19)18(29-12)24-9-23-15-16(20)21-8-22-17(15)24/h2-4,8-9,12-13,18H,5-7H2,1H3,(H2,20,21,22)/t12?,13-,18?,31?/m1/s1. The van der Waals surface area contributed by atoms with Crippen LogP contribution in [0.4, 0.5) is 10.2 Å². The molecule has 3 unspecified atom stereocenters. The number of nitrogens with two attached hydrogens (primary N) is 1. The van der Waals surface area contributed by atoms with Crippen LogP contribution in [0.15, 0.2) is 30.9 Å². The maximum atomic E-state index is 14.7. The smallest absolute Gasteiger partial charge is 0.497 e. The summed E-state index contributed by atoms with van der Waals surface area (Å²) in [7, 11) is -2.32. The number of alkyl halides is 1. The second kappa shape index (κ2) is 7.72. The van der Waals surface area contributed by atoms with Gasteiger partial charge in [0.05, 0.1) is 32.8 Å². The number of benzene rings is 1. The van der Waals surface area contributed by atoms with Gasteiger partial charge in [-0.3, -0.25) is 13.6 Å². The molecule has 2 aliphatic rings. The van der Waals surface area contributed by atoms with E-state index in [9.17, 15) is 8.96 Å². The average Bonchev–Trinajstić information content (AvgIpc) is 3.36. The molecule has 0 aliphatic carbocycles. The summed E-state index contributed by atoms with van der Waals surface area (Å²) in [6, 6.07) is 5.03. The Balaban J connectivity index is 1.25. The van der Waals surface area contributed by atoms with Crippen LogP contribution in [0.5, 0.6) is 11.5 Å². The molecule has 0 spiro atoms. The summed E-state index contributed by atoms with van der Waals surface area (Å²) in [5, 5.41) is 0. The minimum Gasteiger partial charge on any atom is -0.497 e. The number of hydrogen-bond acceptors (Lipinski definition) is 10. The first-order valence-corrected chi connectivity index (χ1v) is 10.9. The van der Waals surface area contributed by atoms with E-state index in [1.54, 1.807) is 25.3 Å². The van der Waals surface area contributed by atoms with E-state index in [0.29, 0.717) is 28.2 Å². The van der Waals surface area contributed by atoms with Crippen LogP contribution < -0.4 is 15.0 Å². The number of ether oxygens (including phenoxy) is 2. The summed E-state index contributed by atoms with van der Waals surface area (Å²) in [4.78, 5) is 12.1. The Bertz CT molecular complexity index is 1180. The van der Waals surface area contributed by atoms with E-state index in [-0.39, 0.29) is 25.5 Å². The van der Waals surface area contributed by atoms with E-state index >= 15 is 0 Å². The molecule has 2 aliphatic heterocycles. The molecule has 1 saturated heterocycles. The predicted molar refractivity (Wildman–Crippen MR) is 105 cm³/mol. The molecule has 2 aromatic heterocycles. The van der Waals surface area contributed by atoms with Gasteiger partial charge in [-0.2, -0.15) is 0 Å². The van der Waals surface area contributed by atoms with Crippen LogP contribution in [-0.2, 0) is 25.0 Å². The number of phosphoric acid groups is 1. The van der Waals surface area contributed by atoms with Crippen molar-refractivity contribution in [3.63, 3.8) is 0 Å². The highest BCUT2D eigenvalue weighted by atomic mass is 31.2. The number of imidazole rings is 1. The van der Waals surface area contributed by atoms with Crippen molar-refractivity contribution in [2.45, 2.75) is 31.5 Å². The third-order valence-electron chi connectivity index (χ3n) is 5.07. The molecule has 4 heterocycles. The van der Waals surface area contributed by atoms with E-state index in [1.165, 1.54) is 17.2 Å². The molecular weight excluding hydrogens is 432 g/mol. The Kier molecular flexibility index (Phi) is 5.01. The van der Waals surface area contributed by atoms with E-state index in [1.807, 2.05) is 0 Å². The van der Waals surface area contributed by atoms with Crippen molar-refractivity contribution in [3.05, 3.63) is 36.4 Å². The third-order valence-corrected chi connectivity index (χ3v) is 6.40. The topological polar surface area (TPSA) is 133 Å². The second-order valence-corrected chi connectivity index (χ2v) is 8.66. The van der Waals surface area contributed by atoms with Crippen LogP contribution in [0, 0.1) is 0 Å².